The summed E-state index contributed by atoms with van der Waals surface area (Å²) >= 11 is 1.77. The van der Waals surface area contributed by atoms with Crippen LogP contribution in [0.4, 0.5) is 0 Å². The molecule has 0 aromatic carbocycles. The number of amides is 2. The van der Waals surface area contributed by atoms with Gasteiger partial charge in [0.05, 0.1) is 11.4 Å². The Kier molecular flexibility index (Phi) is 5.67. The maximum atomic E-state index is 13.1. The molecule has 0 unspecified atom stereocenters. The summed E-state index contributed by atoms with van der Waals surface area (Å²) in [7, 11) is 0. The molecule has 2 aliphatic heterocycles. The Morgan fingerprint density at radius 2 is 1.87 bits per heavy atom. The van der Waals surface area contributed by atoms with Crippen LogP contribution in [0, 0.1) is 0 Å². The molecule has 0 bridgehead atoms. The first-order chi connectivity index (χ1) is 10.6. The molecular formula is C17H31N3O2S. The molecule has 2 N–H and O–H groups in total. The monoisotopic (exact) mass is 341 g/mol. The molecule has 0 spiro atoms. The average molecular weight is 342 g/mol. The number of hydrogen-bond donors (Lipinski definition) is 2. The number of hydrogen-bond acceptors (Lipinski definition) is 4. The number of nitrogens with zero attached hydrogens (tertiary/aromatic N) is 1. The molecule has 6 heteroatoms. The van der Waals surface area contributed by atoms with Gasteiger partial charge in [-0.15, -0.1) is 11.8 Å². The van der Waals surface area contributed by atoms with Crippen molar-refractivity contribution in [3.63, 3.8) is 0 Å². The first-order valence-corrected chi connectivity index (χ1v) is 9.58. The number of thioether (sulfide) groups is 1. The predicted octanol–water partition coefficient (Wildman–Crippen LogP) is 2.11. The van der Waals surface area contributed by atoms with Crippen LogP contribution in [-0.2, 0) is 9.59 Å². The molecule has 0 aromatic heterocycles. The summed E-state index contributed by atoms with van der Waals surface area (Å²) in [5.74, 6) is 0.0572. The highest BCUT2D eigenvalue weighted by molar-refractivity contribution is 8.01. The fourth-order valence-corrected chi connectivity index (χ4v) is 5.28. The van der Waals surface area contributed by atoms with E-state index in [0.717, 1.165) is 19.3 Å². The molecule has 0 radical (unpaired) electrons. The van der Waals surface area contributed by atoms with Crippen LogP contribution < -0.4 is 10.6 Å². The van der Waals surface area contributed by atoms with Crippen molar-refractivity contribution in [2.24, 2.45) is 0 Å². The van der Waals surface area contributed by atoms with Crippen molar-refractivity contribution in [3.05, 3.63) is 0 Å². The summed E-state index contributed by atoms with van der Waals surface area (Å²) in [6.07, 6.45) is 2.82. The molecule has 2 saturated heterocycles. The van der Waals surface area contributed by atoms with Crippen LogP contribution in [0.25, 0.3) is 0 Å². The number of carbonyl (C=O) groups is 2. The summed E-state index contributed by atoms with van der Waals surface area (Å²) in [5.41, 5.74) is 0. The molecule has 0 aromatic rings. The zero-order valence-corrected chi connectivity index (χ0v) is 16.0. The van der Waals surface area contributed by atoms with Crippen LogP contribution in [0.15, 0.2) is 0 Å². The molecule has 2 rings (SSSR count). The molecule has 2 fully saturated rings. The van der Waals surface area contributed by atoms with Crippen molar-refractivity contribution in [2.45, 2.75) is 95.1 Å². The van der Waals surface area contributed by atoms with E-state index in [-0.39, 0.29) is 40.1 Å². The predicted molar refractivity (Wildman–Crippen MR) is 95.3 cm³/mol. The highest BCUT2D eigenvalue weighted by Crippen LogP contribution is 2.47. The maximum Gasteiger partial charge on any atom is 0.244 e. The van der Waals surface area contributed by atoms with Gasteiger partial charge in [-0.05, 0) is 47.0 Å². The number of nitrogens with one attached hydrogen (secondary N) is 2. The summed E-state index contributed by atoms with van der Waals surface area (Å²) < 4.78 is -0.265. The molecule has 3 atom stereocenters. The van der Waals surface area contributed by atoms with Crippen LogP contribution in [-0.4, -0.2) is 51.0 Å². The van der Waals surface area contributed by atoms with Crippen molar-refractivity contribution in [1.29, 1.82) is 0 Å². The Hall–Kier alpha value is -0.750. The van der Waals surface area contributed by atoms with Crippen molar-refractivity contribution in [1.82, 2.24) is 15.5 Å². The van der Waals surface area contributed by atoms with Crippen LogP contribution in [0.1, 0.15) is 60.8 Å². The van der Waals surface area contributed by atoms with Gasteiger partial charge < -0.3 is 15.5 Å². The molecule has 0 aliphatic carbocycles. The lowest BCUT2D eigenvalue weighted by atomic mass is 9.99. The van der Waals surface area contributed by atoms with Crippen molar-refractivity contribution in [3.8, 4) is 0 Å². The SMILES string of the molecule is CC(C)NC(=O)[C@H]1N2C(=O)[C@H](NC(C)C)CCC[C@@H]2SC1(C)C. The third-order valence-electron chi connectivity index (χ3n) is 4.40. The lowest BCUT2D eigenvalue weighted by molar-refractivity contribution is -0.142. The molecule has 5 nitrogen and oxygen atoms in total. The summed E-state index contributed by atoms with van der Waals surface area (Å²) in [6.45, 7) is 12.2. The van der Waals surface area contributed by atoms with Crippen molar-refractivity contribution < 1.29 is 9.59 Å². The second-order valence-electron chi connectivity index (χ2n) is 7.79. The minimum Gasteiger partial charge on any atom is -0.352 e. The molecule has 2 aliphatic rings. The van der Waals surface area contributed by atoms with Gasteiger partial charge in [-0.25, -0.2) is 0 Å². The Morgan fingerprint density at radius 3 is 2.43 bits per heavy atom. The lowest BCUT2D eigenvalue weighted by Crippen LogP contribution is -2.58. The fourth-order valence-electron chi connectivity index (χ4n) is 3.60. The second-order valence-corrected chi connectivity index (χ2v) is 9.62. The van der Waals surface area contributed by atoms with Gasteiger partial charge >= 0.3 is 0 Å². The fraction of sp³-hybridized carbons (Fsp3) is 0.882. The Balaban J connectivity index is 2.29. The van der Waals surface area contributed by atoms with Gasteiger partial charge in [0.25, 0.3) is 0 Å². The smallest absolute Gasteiger partial charge is 0.244 e. The third kappa shape index (κ3) is 4.02. The first-order valence-electron chi connectivity index (χ1n) is 8.70. The van der Waals surface area contributed by atoms with E-state index in [9.17, 15) is 9.59 Å². The first kappa shape index (κ1) is 18.6. The minimum absolute atomic E-state index is 0.0291. The largest absolute Gasteiger partial charge is 0.352 e. The molecular weight excluding hydrogens is 310 g/mol. The van der Waals surface area contributed by atoms with Gasteiger partial charge in [0, 0.05) is 16.8 Å². The van der Waals surface area contributed by atoms with Crippen LogP contribution in [0.5, 0.6) is 0 Å². The van der Waals surface area contributed by atoms with Crippen molar-refractivity contribution >= 4 is 23.6 Å². The Labute approximate surface area is 144 Å². The lowest BCUT2D eigenvalue weighted by Gasteiger charge is -2.34. The van der Waals surface area contributed by atoms with Crippen LogP contribution >= 0.6 is 11.8 Å². The number of fused-ring (bicyclic) bond motifs is 1. The zero-order valence-electron chi connectivity index (χ0n) is 15.2. The normalized spacial score (nSPS) is 30.5. The maximum absolute atomic E-state index is 13.1. The molecule has 132 valence electrons. The summed E-state index contributed by atoms with van der Waals surface area (Å²) in [5, 5.41) is 6.49. The summed E-state index contributed by atoms with van der Waals surface area (Å²) in [6, 6.07) is -0.244. The van der Waals surface area contributed by atoms with Crippen LogP contribution in [0.3, 0.4) is 0 Å². The third-order valence-corrected chi connectivity index (χ3v) is 5.96. The van der Waals surface area contributed by atoms with Gasteiger partial charge in [0.2, 0.25) is 11.8 Å². The van der Waals surface area contributed by atoms with E-state index in [0.29, 0.717) is 0 Å². The van der Waals surface area contributed by atoms with Gasteiger partial charge in [-0.2, -0.15) is 0 Å². The summed E-state index contributed by atoms with van der Waals surface area (Å²) in [4.78, 5) is 27.8. The minimum atomic E-state index is -0.401. The highest BCUT2D eigenvalue weighted by atomic mass is 32.2. The molecule has 2 heterocycles. The molecule has 23 heavy (non-hydrogen) atoms. The quantitative estimate of drug-likeness (QED) is 0.822. The molecule has 2 amide bonds. The Morgan fingerprint density at radius 1 is 1.22 bits per heavy atom. The van der Waals surface area contributed by atoms with Crippen LogP contribution in [0.2, 0.25) is 0 Å². The van der Waals surface area contributed by atoms with E-state index in [2.05, 4.69) is 38.3 Å². The highest BCUT2D eigenvalue weighted by Gasteiger charge is 2.54. The van der Waals surface area contributed by atoms with E-state index in [1.54, 1.807) is 11.8 Å². The van der Waals surface area contributed by atoms with Crippen molar-refractivity contribution in [2.75, 3.05) is 0 Å². The standard InChI is InChI=1S/C17H31N3O2S/c1-10(2)18-12-8-7-9-13-20(16(12)22)14(17(5,6)23-13)15(21)19-11(3)4/h10-14,18H,7-9H2,1-6H3,(H,19,21)/t12-,13+,14-/m1/s1. The van der Waals surface area contributed by atoms with Gasteiger partial charge in [0.15, 0.2) is 0 Å². The van der Waals surface area contributed by atoms with E-state index in [1.165, 1.54) is 0 Å². The number of carbonyl (C=O) groups excluding carboxylic acids is 2. The van der Waals surface area contributed by atoms with E-state index in [1.807, 2.05) is 18.7 Å². The van der Waals surface area contributed by atoms with Gasteiger partial charge in [-0.3, -0.25) is 9.59 Å². The molecule has 0 saturated carbocycles. The average Bonchev–Trinajstić information content (AvgIpc) is 2.58. The Bertz CT molecular complexity index is 465. The second kappa shape index (κ2) is 7.01. The van der Waals surface area contributed by atoms with E-state index >= 15 is 0 Å². The van der Waals surface area contributed by atoms with Gasteiger partial charge in [-0.1, -0.05) is 13.8 Å². The number of rotatable bonds is 4. The van der Waals surface area contributed by atoms with E-state index < -0.39 is 6.04 Å². The topological polar surface area (TPSA) is 61.4 Å². The van der Waals surface area contributed by atoms with Gasteiger partial charge in [0.1, 0.15) is 6.04 Å². The zero-order chi connectivity index (χ0) is 17.4. The van der Waals surface area contributed by atoms with E-state index in [4.69, 9.17) is 0 Å².